The van der Waals surface area contributed by atoms with E-state index in [0.29, 0.717) is 29.4 Å². The van der Waals surface area contributed by atoms with Gasteiger partial charge in [0.25, 0.3) is 11.8 Å². The van der Waals surface area contributed by atoms with Gasteiger partial charge in [-0.3, -0.25) is 19.8 Å². The Kier molecular flexibility index (Phi) is 6.14. The molecule has 0 bridgehead atoms. The highest BCUT2D eigenvalue weighted by Crippen LogP contribution is 2.35. The first-order valence-corrected chi connectivity index (χ1v) is 9.31. The van der Waals surface area contributed by atoms with Gasteiger partial charge in [0.1, 0.15) is 11.4 Å². The van der Waals surface area contributed by atoms with E-state index in [4.69, 9.17) is 33.3 Å². The number of ether oxygens (including phenoxy) is 2. The largest absolute Gasteiger partial charge is 0.493 e. The number of hydrogen-bond donors (Lipinski definition) is 1. The molecule has 1 aliphatic heterocycles. The number of methoxy groups -OCH3 is 1. The third-order valence-electron chi connectivity index (χ3n) is 4.07. The third-order valence-corrected chi connectivity index (χ3v) is 4.68. The fourth-order valence-corrected chi connectivity index (χ4v) is 3.22. The summed E-state index contributed by atoms with van der Waals surface area (Å²) in [6.45, 7) is 2.24. The maximum Gasteiger partial charge on any atom is 0.270 e. The van der Waals surface area contributed by atoms with Gasteiger partial charge in [0.05, 0.1) is 24.4 Å². The summed E-state index contributed by atoms with van der Waals surface area (Å²) in [6.07, 6.45) is 1.34. The minimum absolute atomic E-state index is 0.0980. The number of amides is 2. The van der Waals surface area contributed by atoms with Crippen LogP contribution in [0.5, 0.6) is 11.5 Å². The number of rotatable bonds is 5. The fraction of sp³-hybridized carbons (Fsp3) is 0.150. The van der Waals surface area contributed by atoms with Crippen LogP contribution in [0.4, 0.5) is 10.1 Å². The van der Waals surface area contributed by atoms with Crippen molar-refractivity contribution >= 4 is 52.5 Å². The predicted molar refractivity (Wildman–Crippen MR) is 112 cm³/mol. The molecule has 6 nitrogen and oxygen atoms in total. The molecule has 0 saturated carbocycles. The van der Waals surface area contributed by atoms with Crippen LogP contribution >= 0.6 is 23.8 Å². The highest BCUT2D eigenvalue weighted by molar-refractivity contribution is 7.80. The SMILES string of the molecule is CCOc1cc(Cl)c(/C=C2/C(=O)NC(=S)N(c3ccc(F)cc3)C2=O)cc1OC. The van der Waals surface area contributed by atoms with Crippen molar-refractivity contribution in [3.05, 3.63) is 58.4 Å². The van der Waals surface area contributed by atoms with Gasteiger partial charge in [-0.25, -0.2) is 4.39 Å². The molecule has 1 fully saturated rings. The lowest BCUT2D eigenvalue weighted by Crippen LogP contribution is -2.54. The summed E-state index contributed by atoms with van der Waals surface area (Å²) < 4.78 is 24.0. The number of halogens is 2. The lowest BCUT2D eigenvalue weighted by Gasteiger charge is -2.29. The molecule has 29 heavy (non-hydrogen) atoms. The number of carbonyl (C=O) groups excluding carboxylic acids is 2. The molecular formula is C20H16ClFN2O4S. The van der Waals surface area contributed by atoms with Gasteiger partial charge in [-0.15, -0.1) is 0 Å². The van der Waals surface area contributed by atoms with Crippen molar-refractivity contribution in [1.29, 1.82) is 0 Å². The van der Waals surface area contributed by atoms with Crippen molar-refractivity contribution in [2.75, 3.05) is 18.6 Å². The average Bonchev–Trinajstić information content (AvgIpc) is 2.68. The Morgan fingerprint density at radius 2 is 1.90 bits per heavy atom. The Labute approximate surface area is 176 Å². The molecule has 0 aromatic heterocycles. The number of hydrogen-bond acceptors (Lipinski definition) is 5. The van der Waals surface area contributed by atoms with E-state index >= 15 is 0 Å². The minimum Gasteiger partial charge on any atom is -0.493 e. The maximum atomic E-state index is 13.2. The molecule has 2 amide bonds. The van der Waals surface area contributed by atoms with Gasteiger partial charge in [-0.2, -0.15) is 0 Å². The number of nitrogens with zero attached hydrogens (tertiary/aromatic N) is 1. The quantitative estimate of drug-likeness (QED) is 0.441. The van der Waals surface area contributed by atoms with Gasteiger partial charge >= 0.3 is 0 Å². The van der Waals surface area contributed by atoms with Crippen molar-refractivity contribution in [2.24, 2.45) is 0 Å². The Bertz CT molecular complexity index is 1020. The average molecular weight is 435 g/mol. The van der Waals surface area contributed by atoms with E-state index in [1.807, 2.05) is 6.92 Å². The van der Waals surface area contributed by atoms with E-state index in [1.165, 1.54) is 37.5 Å². The molecule has 150 valence electrons. The molecule has 3 rings (SSSR count). The van der Waals surface area contributed by atoms with Crippen LogP contribution in [0.2, 0.25) is 5.02 Å². The molecule has 1 saturated heterocycles. The van der Waals surface area contributed by atoms with Crippen LogP contribution in [-0.4, -0.2) is 30.6 Å². The zero-order valence-corrected chi connectivity index (χ0v) is 17.1. The topological polar surface area (TPSA) is 67.9 Å². The van der Waals surface area contributed by atoms with Gasteiger partial charge in [0.2, 0.25) is 0 Å². The highest BCUT2D eigenvalue weighted by atomic mass is 35.5. The highest BCUT2D eigenvalue weighted by Gasteiger charge is 2.34. The third kappa shape index (κ3) is 4.23. The monoisotopic (exact) mass is 434 g/mol. The second-order valence-corrected chi connectivity index (χ2v) is 6.69. The number of carbonyl (C=O) groups is 2. The lowest BCUT2D eigenvalue weighted by molar-refractivity contribution is -0.122. The van der Waals surface area contributed by atoms with Crippen LogP contribution in [0.3, 0.4) is 0 Å². The fourth-order valence-electron chi connectivity index (χ4n) is 2.73. The molecule has 0 aliphatic carbocycles. The summed E-state index contributed by atoms with van der Waals surface area (Å²) in [4.78, 5) is 26.5. The molecular weight excluding hydrogens is 419 g/mol. The minimum atomic E-state index is -0.665. The molecule has 9 heteroatoms. The summed E-state index contributed by atoms with van der Waals surface area (Å²) in [7, 11) is 1.47. The molecule has 0 unspecified atom stereocenters. The summed E-state index contributed by atoms with van der Waals surface area (Å²) in [5.74, 6) is -0.942. The van der Waals surface area contributed by atoms with Crippen LogP contribution in [0.25, 0.3) is 6.08 Å². The van der Waals surface area contributed by atoms with E-state index in [2.05, 4.69) is 5.32 Å². The molecule has 2 aromatic rings. The van der Waals surface area contributed by atoms with Crippen LogP contribution in [0.1, 0.15) is 12.5 Å². The first-order chi connectivity index (χ1) is 13.8. The summed E-state index contributed by atoms with van der Waals surface area (Å²) >= 11 is 11.4. The van der Waals surface area contributed by atoms with E-state index in [0.717, 1.165) is 4.90 Å². The Hall–Kier alpha value is -2.97. The second kappa shape index (κ2) is 8.59. The van der Waals surface area contributed by atoms with Crippen molar-refractivity contribution in [1.82, 2.24) is 5.32 Å². The van der Waals surface area contributed by atoms with Gasteiger partial charge in [0.15, 0.2) is 16.6 Å². The molecule has 0 radical (unpaired) electrons. The summed E-state index contributed by atoms with van der Waals surface area (Å²) in [5.41, 5.74) is 0.524. The molecule has 1 N–H and O–H groups in total. The Morgan fingerprint density at radius 3 is 2.52 bits per heavy atom. The maximum absolute atomic E-state index is 13.2. The Balaban J connectivity index is 2.03. The van der Waals surface area contributed by atoms with Gasteiger partial charge < -0.3 is 9.47 Å². The second-order valence-electron chi connectivity index (χ2n) is 5.89. The van der Waals surface area contributed by atoms with Crippen LogP contribution < -0.4 is 19.7 Å². The number of nitrogens with one attached hydrogen (secondary N) is 1. The van der Waals surface area contributed by atoms with E-state index < -0.39 is 17.6 Å². The molecule has 1 aliphatic rings. The number of anilines is 1. The summed E-state index contributed by atoms with van der Waals surface area (Å²) in [5, 5.41) is 2.63. The zero-order chi connectivity index (χ0) is 21.1. The van der Waals surface area contributed by atoms with Gasteiger partial charge in [0, 0.05) is 6.07 Å². The van der Waals surface area contributed by atoms with Crippen molar-refractivity contribution in [2.45, 2.75) is 6.92 Å². The van der Waals surface area contributed by atoms with Crippen molar-refractivity contribution in [3.63, 3.8) is 0 Å². The van der Waals surface area contributed by atoms with E-state index in [-0.39, 0.29) is 15.7 Å². The van der Waals surface area contributed by atoms with Crippen molar-refractivity contribution in [3.8, 4) is 11.5 Å². The first-order valence-electron chi connectivity index (χ1n) is 8.53. The molecule has 0 atom stereocenters. The number of benzene rings is 2. The Morgan fingerprint density at radius 1 is 1.21 bits per heavy atom. The molecule has 2 aromatic carbocycles. The van der Waals surface area contributed by atoms with E-state index in [9.17, 15) is 14.0 Å². The smallest absolute Gasteiger partial charge is 0.270 e. The van der Waals surface area contributed by atoms with Crippen LogP contribution in [0.15, 0.2) is 42.0 Å². The van der Waals surface area contributed by atoms with Crippen molar-refractivity contribution < 1.29 is 23.5 Å². The standard InChI is InChI=1S/C20H16ClFN2O4S/c1-3-28-17-10-15(21)11(9-16(17)27-2)8-14-18(25)23-20(29)24(19(14)26)13-6-4-12(22)5-7-13/h4-10H,3H2,1-2H3,(H,23,25,29)/b14-8-. The first kappa shape index (κ1) is 20.8. The normalized spacial score (nSPS) is 15.5. The molecule has 1 heterocycles. The van der Waals surface area contributed by atoms with Crippen LogP contribution in [-0.2, 0) is 9.59 Å². The number of thiocarbonyl (C=S) groups is 1. The van der Waals surface area contributed by atoms with Crippen LogP contribution in [0, 0.1) is 5.82 Å². The molecule has 0 spiro atoms. The predicted octanol–water partition coefficient (Wildman–Crippen LogP) is 3.72. The lowest BCUT2D eigenvalue weighted by atomic mass is 10.1. The van der Waals surface area contributed by atoms with Gasteiger partial charge in [-0.05, 0) is 61.1 Å². The summed E-state index contributed by atoms with van der Waals surface area (Å²) in [6, 6.07) is 8.28. The van der Waals surface area contributed by atoms with E-state index in [1.54, 1.807) is 12.1 Å². The zero-order valence-electron chi connectivity index (χ0n) is 15.5. The van der Waals surface area contributed by atoms with Gasteiger partial charge in [-0.1, -0.05) is 11.6 Å².